The number of hydrogen-bond donors (Lipinski definition) is 2. The first-order valence-corrected chi connectivity index (χ1v) is 8.45. The van der Waals surface area contributed by atoms with Crippen molar-refractivity contribution >= 4 is 27.2 Å². The Kier molecular flexibility index (Phi) is 4.60. The summed E-state index contributed by atoms with van der Waals surface area (Å²) in [5.41, 5.74) is 0.649. The second-order valence-corrected chi connectivity index (χ2v) is 6.99. The van der Waals surface area contributed by atoms with E-state index in [-0.39, 0.29) is 0 Å². The van der Waals surface area contributed by atoms with Crippen LogP contribution in [0, 0.1) is 5.92 Å². The minimum atomic E-state index is -3.40. The van der Waals surface area contributed by atoms with Crippen LogP contribution in [0.5, 0.6) is 0 Å². The summed E-state index contributed by atoms with van der Waals surface area (Å²) in [6.07, 6.45) is 2.02. The van der Waals surface area contributed by atoms with Crippen LogP contribution < -0.4 is 10.0 Å². The maximum Gasteiger partial charge on any atom is 0.301 e. The number of anilines is 1. The molecule has 0 aliphatic carbocycles. The predicted octanol–water partition coefficient (Wildman–Crippen LogP) is 1.34. The van der Waals surface area contributed by atoms with Crippen molar-refractivity contribution in [2.24, 2.45) is 5.92 Å². The summed E-state index contributed by atoms with van der Waals surface area (Å²) in [4.78, 5) is 0. The Bertz CT molecular complexity index is 457. The Morgan fingerprint density at radius 3 is 3.06 bits per heavy atom. The van der Waals surface area contributed by atoms with Crippen LogP contribution in [0.3, 0.4) is 0 Å². The molecule has 102 valence electrons. The molecule has 0 bridgehead atoms. The van der Waals surface area contributed by atoms with Gasteiger partial charge in [0.1, 0.15) is 0 Å². The minimum absolute atomic E-state index is 0.405. The number of nitrogens with one attached hydrogen (secondary N) is 2. The molecule has 2 rings (SSSR count). The third-order valence-electron chi connectivity index (χ3n) is 3.08. The molecule has 1 unspecified atom stereocenters. The summed E-state index contributed by atoms with van der Waals surface area (Å²) in [7, 11) is -1.50. The predicted molar refractivity (Wildman–Crippen MR) is 75.1 cm³/mol. The van der Waals surface area contributed by atoms with Gasteiger partial charge in [0.2, 0.25) is 0 Å². The van der Waals surface area contributed by atoms with Crippen molar-refractivity contribution in [1.82, 2.24) is 9.62 Å². The number of thiophene rings is 1. The molecule has 1 aliphatic heterocycles. The Hall–Kier alpha value is -0.630. The Labute approximate surface area is 112 Å². The van der Waals surface area contributed by atoms with Gasteiger partial charge in [-0.3, -0.25) is 4.72 Å². The molecule has 0 aromatic carbocycles. The Balaban J connectivity index is 2.00. The van der Waals surface area contributed by atoms with Gasteiger partial charge in [0.05, 0.1) is 5.69 Å². The fraction of sp³-hybridized carbons (Fsp3) is 0.636. The van der Waals surface area contributed by atoms with Crippen molar-refractivity contribution in [3.63, 3.8) is 0 Å². The summed E-state index contributed by atoms with van der Waals surface area (Å²) < 4.78 is 28.6. The summed E-state index contributed by atoms with van der Waals surface area (Å²) in [6, 6.07) is 1.78. The van der Waals surface area contributed by atoms with Gasteiger partial charge in [0, 0.05) is 18.5 Å². The van der Waals surface area contributed by atoms with Crippen molar-refractivity contribution < 1.29 is 8.42 Å². The molecular formula is C11H19N3O2S2. The maximum absolute atomic E-state index is 12.2. The first-order chi connectivity index (χ1) is 8.62. The fourth-order valence-electron chi connectivity index (χ4n) is 2.24. The highest BCUT2D eigenvalue weighted by atomic mass is 32.2. The van der Waals surface area contributed by atoms with E-state index in [0.717, 1.165) is 19.4 Å². The van der Waals surface area contributed by atoms with E-state index in [2.05, 4.69) is 10.0 Å². The van der Waals surface area contributed by atoms with Gasteiger partial charge in [-0.1, -0.05) is 0 Å². The molecule has 0 amide bonds. The molecule has 7 heteroatoms. The van der Waals surface area contributed by atoms with Crippen LogP contribution in [0.1, 0.15) is 12.8 Å². The van der Waals surface area contributed by atoms with E-state index >= 15 is 0 Å². The zero-order valence-electron chi connectivity index (χ0n) is 10.4. The van der Waals surface area contributed by atoms with Crippen molar-refractivity contribution in [3.8, 4) is 0 Å². The van der Waals surface area contributed by atoms with E-state index in [4.69, 9.17) is 0 Å². The Morgan fingerprint density at radius 1 is 1.56 bits per heavy atom. The van der Waals surface area contributed by atoms with Crippen LogP contribution in [0.15, 0.2) is 16.8 Å². The highest BCUT2D eigenvalue weighted by Crippen LogP contribution is 2.21. The number of nitrogens with zero attached hydrogens (tertiary/aromatic N) is 1. The monoisotopic (exact) mass is 289 g/mol. The minimum Gasteiger partial charge on any atom is -0.319 e. The summed E-state index contributed by atoms with van der Waals surface area (Å²) in [5.74, 6) is 0.405. The third kappa shape index (κ3) is 3.44. The molecule has 1 atom stereocenters. The van der Waals surface area contributed by atoms with E-state index < -0.39 is 10.2 Å². The molecule has 0 spiro atoms. The normalized spacial score (nSPS) is 21.9. The molecular weight excluding hydrogens is 270 g/mol. The molecule has 1 saturated heterocycles. The molecule has 1 fully saturated rings. The van der Waals surface area contributed by atoms with Crippen molar-refractivity contribution in [2.75, 3.05) is 31.4 Å². The van der Waals surface area contributed by atoms with E-state index in [9.17, 15) is 8.42 Å². The number of hydrogen-bond acceptors (Lipinski definition) is 4. The van der Waals surface area contributed by atoms with Crippen LogP contribution in [-0.4, -0.2) is 39.4 Å². The Morgan fingerprint density at radius 2 is 2.39 bits per heavy atom. The van der Waals surface area contributed by atoms with Crippen LogP contribution in [0.25, 0.3) is 0 Å². The van der Waals surface area contributed by atoms with Crippen molar-refractivity contribution in [1.29, 1.82) is 0 Å². The lowest BCUT2D eigenvalue weighted by molar-refractivity contribution is 0.264. The zero-order chi connectivity index (χ0) is 13.0. The lowest BCUT2D eigenvalue weighted by Crippen LogP contribution is -2.44. The second kappa shape index (κ2) is 6.01. The number of piperidine rings is 1. The number of rotatable bonds is 5. The quantitative estimate of drug-likeness (QED) is 0.860. The van der Waals surface area contributed by atoms with Crippen LogP contribution in [0.2, 0.25) is 0 Å². The van der Waals surface area contributed by atoms with Crippen molar-refractivity contribution in [2.45, 2.75) is 12.8 Å². The van der Waals surface area contributed by atoms with Gasteiger partial charge in [-0.05, 0) is 43.8 Å². The van der Waals surface area contributed by atoms with Gasteiger partial charge in [-0.25, -0.2) is 0 Å². The standard InChI is InChI=1S/C11H19N3O2S2/c1-12-7-10-3-2-5-14(8-10)18(15,16)13-11-4-6-17-9-11/h4,6,9-10,12-13H,2-3,5,7-8H2,1H3. The van der Waals surface area contributed by atoms with Gasteiger partial charge >= 0.3 is 10.2 Å². The molecule has 18 heavy (non-hydrogen) atoms. The second-order valence-electron chi connectivity index (χ2n) is 4.54. The van der Waals surface area contributed by atoms with E-state index in [1.54, 1.807) is 15.8 Å². The zero-order valence-corrected chi connectivity index (χ0v) is 12.1. The third-order valence-corrected chi connectivity index (χ3v) is 5.27. The average molecular weight is 289 g/mol. The first kappa shape index (κ1) is 13.8. The van der Waals surface area contributed by atoms with E-state index in [1.807, 2.05) is 12.4 Å². The van der Waals surface area contributed by atoms with Gasteiger partial charge in [0.15, 0.2) is 0 Å². The van der Waals surface area contributed by atoms with Crippen LogP contribution in [-0.2, 0) is 10.2 Å². The smallest absolute Gasteiger partial charge is 0.301 e. The molecule has 5 nitrogen and oxygen atoms in total. The van der Waals surface area contributed by atoms with Crippen molar-refractivity contribution in [3.05, 3.63) is 16.8 Å². The SMILES string of the molecule is CNCC1CCCN(S(=O)(=O)Nc2ccsc2)C1. The lowest BCUT2D eigenvalue weighted by atomic mass is 10.00. The van der Waals surface area contributed by atoms with Crippen LogP contribution >= 0.6 is 11.3 Å². The lowest BCUT2D eigenvalue weighted by Gasteiger charge is -2.31. The van der Waals surface area contributed by atoms with E-state index in [0.29, 0.717) is 24.7 Å². The molecule has 2 N–H and O–H groups in total. The summed E-state index contributed by atoms with van der Waals surface area (Å²) in [5, 5.41) is 6.77. The topological polar surface area (TPSA) is 61.4 Å². The molecule has 1 aliphatic rings. The molecule has 1 aromatic rings. The van der Waals surface area contributed by atoms with Gasteiger partial charge < -0.3 is 5.32 Å². The summed E-state index contributed by atoms with van der Waals surface area (Å²) >= 11 is 1.48. The highest BCUT2D eigenvalue weighted by molar-refractivity contribution is 7.90. The van der Waals surface area contributed by atoms with Gasteiger partial charge in [-0.15, -0.1) is 0 Å². The fourth-order valence-corrected chi connectivity index (χ4v) is 4.23. The molecule has 0 saturated carbocycles. The maximum atomic E-state index is 12.2. The average Bonchev–Trinajstić information content (AvgIpc) is 2.82. The van der Waals surface area contributed by atoms with E-state index in [1.165, 1.54) is 11.3 Å². The summed E-state index contributed by atoms with van der Waals surface area (Å²) in [6.45, 7) is 2.07. The molecule has 0 radical (unpaired) electrons. The highest BCUT2D eigenvalue weighted by Gasteiger charge is 2.28. The molecule has 2 heterocycles. The van der Waals surface area contributed by atoms with Crippen LogP contribution in [0.4, 0.5) is 5.69 Å². The first-order valence-electron chi connectivity index (χ1n) is 6.06. The molecule has 1 aromatic heterocycles. The van der Waals surface area contributed by atoms with Gasteiger partial charge in [-0.2, -0.15) is 24.1 Å². The van der Waals surface area contributed by atoms with Gasteiger partial charge in [0.25, 0.3) is 0 Å². The largest absolute Gasteiger partial charge is 0.319 e.